The number of nitrogens with zero attached hydrogens (tertiary/aromatic N) is 1. The highest BCUT2D eigenvalue weighted by molar-refractivity contribution is 7.15. The van der Waals surface area contributed by atoms with Crippen molar-refractivity contribution in [2.45, 2.75) is 0 Å². The Balaban J connectivity index is 1.93. The van der Waals surface area contributed by atoms with Crippen LogP contribution in [-0.4, -0.2) is 23.9 Å². The molecule has 0 saturated heterocycles. The summed E-state index contributed by atoms with van der Waals surface area (Å²) in [6.45, 7) is 0. The van der Waals surface area contributed by atoms with E-state index in [1.165, 1.54) is 42.7 Å². The van der Waals surface area contributed by atoms with Crippen molar-refractivity contribution < 1.29 is 19.2 Å². The molecule has 142 valence electrons. The molecule has 9 heteroatoms. The molecule has 0 aliphatic heterocycles. The molecule has 0 aliphatic carbocycles. The molecule has 0 fully saturated rings. The van der Waals surface area contributed by atoms with Gasteiger partial charge >= 0.3 is 5.97 Å². The van der Waals surface area contributed by atoms with E-state index >= 15 is 0 Å². The number of rotatable bonds is 5. The molecule has 0 radical (unpaired) electrons. The van der Waals surface area contributed by atoms with E-state index in [9.17, 15) is 19.7 Å². The number of nitro benzene ring substituents is 1. The molecule has 1 N–H and O–H groups in total. The maximum atomic E-state index is 12.5. The Hall–Kier alpha value is -3.23. The maximum absolute atomic E-state index is 12.5. The molecule has 1 heterocycles. The van der Waals surface area contributed by atoms with Gasteiger partial charge in [-0.3, -0.25) is 14.9 Å². The lowest BCUT2D eigenvalue weighted by Gasteiger charge is -2.08. The van der Waals surface area contributed by atoms with Crippen molar-refractivity contribution in [2.75, 3.05) is 12.4 Å². The van der Waals surface area contributed by atoms with Crippen LogP contribution in [0.3, 0.4) is 0 Å². The molecule has 0 spiro atoms. The summed E-state index contributed by atoms with van der Waals surface area (Å²) in [5.41, 5.74) is 1.69. The van der Waals surface area contributed by atoms with Crippen molar-refractivity contribution in [2.24, 2.45) is 0 Å². The fourth-order valence-electron chi connectivity index (χ4n) is 2.51. The van der Waals surface area contributed by atoms with Crippen LogP contribution in [0.5, 0.6) is 0 Å². The Morgan fingerprint density at radius 1 is 1.11 bits per heavy atom. The fourth-order valence-corrected chi connectivity index (χ4v) is 3.58. The zero-order valence-electron chi connectivity index (χ0n) is 14.5. The summed E-state index contributed by atoms with van der Waals surface area (Å²) < 4.78 is 4.87. The van der Waals surface area contributed by atoms with E-state index in [4.69, 9.17) is 16.3 Å². The van der Waals surface area contributed by atoms with Crippen LogP contribution in [0.4, 0.5) is 10.7 Å². The van der Waals surface area contributed by atoms with Gasteiger partial charge in [-0.1, -0.05) is 23.7 Å². The van der Waals surface area contributed by atoms with Gasteiger partial charge in [-0.2, -0.15) is 0 Å². The van der Waals surface area contributed by atoms with Gasteiger partial charge in [0, 0.05) is 33.7 Å². The van der Waals surface area contributed by atoms with Crippen molar-refractivity contribution in [1.82, 2.24) is 0 Å². The van der Waals surface area contributed by atoms with E-state index in [1.54, 1.807) is 29.6 Å². The van der Waals surface area contributed by atoms with E-state index in [0.29, 0.717) is 15.6 Å². The van der Waals surface area contributed by atoms with E-state index in [-0.39, 0.29) is 16.8 Å². The number of hydrogen-bond acceptors (Lipinski definition) is 6. The molecule has 3 rings (SSSR count). The lowest BCUT2D eigenvalue weighted by atomic mass is 10.0. The molecular weight excluding hydrogens is 404 g/mol. The van der Waals surface area contributed by atoms with E-state index in [2.05, 4.69) is 5.32 Å². The number of anilines is 1. The third-order valence-electron chi connectivity index (χ3n) is 3.90. The van der Waals surface area contributed by atoms with Crippen LogP contribution < -0.4 is 5.32 Å². The molecule has 0 aliphatic rings. The van der Waals surface area contributed by atoms with Gasteiger partial charge in [0.05, 0.1) is 12.0 Å². The number of carbonyl (C=O) groups is 2. The predicted molar refractivity (Wildman–Crippen MR) is 107 cm³/mol. The van der Waals surface area contributed by atoms with Crippen molar-refractivity contribution in [3.63, 3.8) is 0 Å². The van der Waals surface area contributed by atoms with Gasteiger partial charge in [-0.05, 0) is 29.8 Å². The van der Waals surface area contributed by atoms with Crippen LogP contribution in [0, 0.1) is 10.1 Å². The zero-order valence-corrected chi connectivity index (χ0v) is 16.0. The van der Waals surface area contributed by atoms with Crippen molar-refractivity contribution >= 4 is 45.5 Å². The second kappa shape index (κ2) is 8.20. The first-order chi connectivity index (χ1) is 13.4. The summed E-state index contributed by atoms with van der Waals surface area (Å²) >= 11 is 7.09. The molecule has 1 aromatic heterocycles. The first kappa shape index (κ1) is 19.5. The van der Waals surface area contributed by atoms with Crippen LogP contribution in [-0.2, 0) is 4.74 Å². The number of halogens is 1. The van der Waals surface area contributed by atoms with Gasteiger partial charge in [-0.25, -0.2) is 4.79 Å². The average molecular weight is 417 g/mol. The lowest BCUT2D eigenvalue weighted by molar-refractivity contribution is -0.384. The maximum Gasteiger partial charge on any atom is 0.341 e. The van der Waals surface area contributed by atoms with Crippen LogP contribution in [0.15, 0.2) is 53.9 Å². The van der Waals surface area contributed by atoms with Crippen molar-refractivity contribution in [3.8, 4) is 11.1 Å². The number of carbonyl (C=O) groups excluding carboxylic acids is 2. The first-order valence-corrected chi connectivity index (χ1v) is 9.18. The van der Waals surface area contributed by atoms with Gasteiger partial charge < -0.3 is 10.1 Å². The first-order valence-electron chi connectivity index (χ1n) is 7.92. The summed E-state index contributed by atoms with van der Waals surface area (Å²) in [6.07, 6.45) is 0. The highest BCUT2D eigenvalue weighted by atomic mass is 35.5. The molecule has 2 aromatic carbocycles. The highest BCUT2D eigenvalue weighted by Crippen LogP contribution is 2.36. The molecule has 1 amide bonds. The van der Waals surface area contributed by atoms with Gasteiger partial charge in [0.2, 0.25) is 0 Å². The Bertz CT molecular complexity index is 1050. The van der Waals surface area contributed by atoms with Gasteiger partial charge in [0.25, 0.3) is 11.6 Å². The standard InChI is InChI=1S/C19H13ClN2O5S/c1-27-19(24)16-15(11-2-6-13(20)7-3-11)10-28-18(16)21-17(23)12-4-8-14(9-5-12)22(25)26/h2-10H,1H3,(H,21,23). The number of esters is 1. The highest BCUT2D eigenvalue weighted by Gasteiger charge is 2.23. The summed E-state index contributed by atoms with van der Waals surface area (Å²) in [7, 11) is 1.26. The number of hydrogen-bond donors (Lipinski definition) is 1. The molecule has 28 heavy (non-hydrogen) atoms. The molecule has 0 unspecified atom stereocenters. The second-order valence-corrected chi connectivity index (χ2v) is 6.93. The molecular formula is C19H13ClN2O5S. The summed E-state index contributed by atoms with van der Waals surface area (Å²) in [5.74, 6) is -1.09. The fraction of sp³-hybridized carbons (Fsp3) is 0.0526. The van der Waals surface area contributed by atoms with Crippen LogP contribution in [0.2, 0.25) is 5.02 Å². The quantitative estimate of drug-likeness (QED) is 0.358. The lowest BCUT2D eigenvalue weighted by Crippen LogP contribution is -2.14. The van der Waals surface area contributed by atoms with Crippen LogP contribution >= 0.6 is 22.9 Å². The summed E-state index contributed by atoms with van der Waals surface area (Å²) in [4.78, 5) is 35.0. The monoisotopic (exact) mass is 416 g/mol. The Kier molecular flexibility index (Phi) is 5.72. The topological polar surface area (TPSA) is 98.5 Å². The SMILES string of the molecule is COC(=O)c1c(-c2ccc(Cl)cc2)csc1NC(=O)c1ccc([N+](=O)[O-])cc1. The molecule has 0 atom stereocenters. The van der Waals surface area contributed by atoms with E-state index in [1.807, 2.05) is 0 Å². The minimum atomic E-state index is -0.592. The van der Waals surface area contributed by atoms with Crippen LogP contribution in [0.1, 0.15) is 20.7 Å². The zero-order chi connectivity index (χ0) is 20.3. The number of amides is 1. The minimum absolute atomic E-state index is 0.118. The third kappa shape index (κ3) is 4.03. The van der Waals surface area contributed by atoms with Crippen molar-refractivity contribution in [1.29, 1.82) is 0 Å². The molecule has 0 bridgehead atoms. The number of thiophene rings is 1. The number of nitro groups is 1. The minimum Gasteiger partial charge on any atom is -0.465 e. The van der Waals surface area contributed by atoms with Crippen molar-refractivity contribution in [3.05, 3.63) is 80.2 Å². The number of benzene rings is 2. The van der Waals surface area contributed by atoms with Crippen LogP contribution in [0.25, 0.3) is 11.1 Å². The smallest absolute Gasteiger partial charge is 0.341 e. The Morgan fingerprint density at radius 3 is 2.32 bits per heavy atom. The Labute approximate surface area is 168 Å². The molecule has 3 aromatic rings. The summed E-state index contributed by atoms with van der Waals surface area (Å²) in [5, 5.41) is 16.0. The van der Waals surface area contributed by atoms with Gasteiger partial charge in [0.15, 0.2) is 0 Å². The number of methoxy groups -OCH3 is 1. The number of ether oxygens (including phenoxy) is 1. The summed E-state index contributed by atoms with van der Waals surface area (Å²) in [6, 6.07) is 12.1. The largest absolute Gasteiger partial charge is 0.465 e. The van der Waals surface area contributed by atoms with Gasteiger partial charge in [0.1, 0.15) is 10.6 Å². The average Bonchev–Trinajstić information content (AvgIpc) is 3.11. The van der Waals surface area contributed by atoms with Gasteiger partial charge in [-0.15, -0.1) is 11.3 Å². The second-order valence-electron chi connectivity index (χ2n) is 5.61. The third-order valence-corrected chi connectivity index (χ3v) is 5.05. The van der Waals surface area contributed by atoms with E-state index in [0.717, 1.165) is 5.56 Å². The molecule has 7 nitrogen and oxygen atoms in total. The predicted octanol–water partition coefficient (Wildman–Crippen LogP) is 5.02. The Morgan fingerprint density at radius 2 is 1.75 bits per heavy atom. The van der Waals surface area contributed by atoms with E-state index < -0.39 is 16.8 Å². The number of nitrogens with one attached hydrogen (secondary N) is 1. The normalized spacial score (nSPS) is 10.4. The number of non-ortho nitro benzene ring substituents is 1. The molecule has 0 saturated carbocycles.